The summed E-state index contributed by atoms with van der Waals surface area (Å²) in [7, 11) is 1.58. The third-order valence-corrected chi connectivity index (χ3v) is 7.91. The van der Waals surface area contributed by atoms with Crippen molar-refractivity contribution in [2.75, 3.05) is 26.7 Å². The largest absolute Gasteiger partial charge is 0.497 e. The first-order valence-corrected chi connectivity index (χ1v) is 14.0. The molecule has 0 aliphatic carbocycles. The summed E-state index contributed by atoms with van der Waals surface area (Å²) in [5, 5.41) is 7.36. The molecule has 9 heteroatoms. The first kappa shape index (κ1) is 26.6. The normalized spacial score (nSPS) is 15.6. The molecule has 1 aliphatic heterocycles. The van der Waals surface area contributed by atoms with Crippen LogP contribution in [0.1, 0.15) is 58.7 Å². The maximum Gasteiger partial charge on any atom is 0.257 e. The summed E-state index contributed by atoms with van der Waals surface area (Å²) in [6.45, 7) is 9.53. The van der Waals surface area contributed by atoms with Gasteiger partial charge < -0.3 is 14.5 Å². The van der Waals surface area contributed by atoms with Gasteiger partial charge >= 0.3 is 0 Å². The lowest BCUT2D eigenvalue weighted by molar-refractivity contribution is 0.0413. The van der Waals surface area contributed by atoms with Gasteiger partial charge in [0.05, 0.1) is 30.3 Å². The Bertz CT molecular complexity index is 1490. The van der Waals surface area contributed by atoms with Crippen LogP contribution in [0.4, 0.5) is 0 Å². The van der Waals surface area contributed by atoms with E-state index in [0.29, 0.717) is 36.5 Å². The van der Waals surface area contributed by atoms with Crippen molar-refractivity contribution in [3.8, 4) is 22.1 Å². The fraction of sp³-hybridized carbons (Fsp3) is 0.333. The Morgan fingerprint density at radius 3 is 2.54 bits per heavy atom. The summed E-state index contributed by atoms with van der Waals surface area (Å²) < 4.78 is 7.07. The van der Waals surface area contributed by atoms with Gasteiger partial charge in [-0.2, -0.15) is 5.10 Å². The van der Waals surface area contributed by atoms with Gasteiger partial charge in [0, 0.05) is 42.2 Å². The van der Waals surface area contributed by atoms with E-state index in [1.165, 1.54) is 16.9 Å². The van der Waals surface area contributed by atoms with Gasteiger partial charge in [-0.05, 0) is 38.0 Å². The van der Waals surface area contributed by atoms with Gasteiger partial charge in [-0.15, -0.1) is 11.3 Å². The predicted octanol–water partition coefficient (Wildman–Crippen LogP) is 5.42. The molecule has 1 atom stereocenters. The highest BCUT2D eigenvalue weighted by molar-refractivity contribution is 7.12. The first-order chi connectivity index (χ1) is 18.8. The molecule has 1 aliphatic rings. The molecule has 1 fully saturated rings. The molecule has 0 N–H and O–H groups in total. The predicted molar refractivity (Wildman–Crippen MR) is 153 cm³/mol. The van der Waals surface area contributed by atoms with Crippen molar-refractivity contribution in [2.45, 2.75) is 39.7 Å². The highest BCUT2D eigenvalue weighted by Crippen LogP contribution is 2.29. The molecule has 2 amide bonds. The van der Waals surface area contributed by atoms with Crippen molar-refractivity contribution in [1.82, 2.24) is 24.6 Å². The Hall–Kier alpha value is -3.98. The second-order valence-corrected chi connectivity index (χ2v) is 11.1. The number of carbonyl (C=O) groups is 2. The van der Waals surface area contributed by atoms with Crippen LogP contribution in [0, 0.1) is 6.92 Å². The molecule has 0 spiro atoms. The summed E-state index contributed by atoms with van der Waals surface area (Å²) in [6.07, 6.45) is 1.66. The third-order valence-electron chi connectivity index (χ3n) is 7.10. The second-order valence-electron chi connectivity index (χ2n) is 10.2. The molecule has 1 saturated heterocycles. The Balaban J connectivity index is 1.34. The van der Waals surface area contributed by atoms with Crippen LogP contribution in [0.5, 0.6) is 5.75 Å². The first-order valence-electron chi connectivity index (χ1n) is 13.1. The number of amides is 2. The number of rotatable bonds is 6. The van der Waals surface area contributed by atoms with E-state index in [2.05, 4.69) is 50.1 Å². The van der Waals surface area contributed by atoms with E-state index >= 15 is 0 Å². The average molecular weight is 544 g/mol. The molecule has 0 saturated carbocycles. The van der Waals surface area contributed by atoms with Gasteiger partial charge in [0.1, 0.15) is 5.75 Å². The number of ether oxygens (including phenoxy) is 1. The van der Waals surface area contributed by atoms with Crippen molar-refractivity contribution in [1.29, 1.82) is 0 Å². The number of thiazole rings is 1. The van der Waals surface area contributed by atoms with Crippen molar-refractivity contribution < 1.29 is 14.3 Å². The van der Waals surface area contributed by atoms with Gasteiger partial charge in [-0.3, -0.25) is 9.59 Å². The van der Waals surface area contributed by atoms with Gasteiger partial charge in [-0.1, -0.05) is 49.7 Å². The highest BCUT2D eigenvalue weighted by Gasteiger charge is 2.33. The van der Waals surface area contributed by atoms with Crippen LogP contribution in [0.2, 0.25) is 0 Å². The van der Waals surface area contributed by atoms with Gasteiger partial charge in [0.15, 0.2) is 0 Å². The van der Waals surface area contributed by atoms with Crippen molar-refractivity contribution in [3.05, 3.63) is 82.5 Å². The third kappa shape index (κ3) is 5.31. The number of hydrogen-bond donors (Lipinski definition) is 0. The minimum absolute atomic E-state index is 0.0580. The average Bonchev–Trinajstić information content (AvgIpc) is 3.60. The van der Waals surface area contributed by atoms with E-state index in [0.717, 1.165) is 22.1 Å². The Morgan fingerprint density at radius 1 is 1.08 bits per heavy atom. The molecule has 2 aromatic heterocycles. The van der Waals surface area contributed by atoms with Gasteiger partial charge in [-0.25, -0.2) is 9.67 Å². The maximum atomic E-state index is 13.7. The molecule has 0 radical (unpaired) electrons. The molecule has 0 bridgehead atoms. The van der Waals surface area contributed by atoms with E-state index in [-0.39, 0.29) is 23.8 Å². The van der Waals surface area contributed by atoms with Crippen LogP contribution in [0.15, 0.2) is 60.1 Å². The number of aromatic nitrogens is 3. The molecular weight excluding hydrogens is 510 g/mol. The monoisotopic (exact) mass is 543 g/mol. The maximum absolute atomic E-state index is 13.7. The summed E-state index contributed by atoms with van der Waals surface area (Å²) in [6, 6.07) is 15.3. The number of piperazine rings is 1. The lowest BCUT2D eigenvalue weighted by atomic mass is 10.0. The Labute approximate surface area is 232 Å². The summed E-state index contributed by atoms with van der Waals surface area (Å²) in [5.41, 5.74) is 5.14. The van der Waals surface area contributed by atoms with Crippen molar-refractivity contribution in [2.24, 2.45) is 0 Å². The molecule has 2 aromatic carbocycles. The number of nitrogens with zero attached hydrogens (tertiary/aromatic N) is 5. The van der Waals surface area contributed by atoms with Gasteiger partial charge in [0.25, 0.3) is 11.8 Å². The Kier molecular flexibility index (Phi) is 7.52. The zero-order chi connectivity index (χ0) is 27.7. The van der Waals surface area contributed by atoms with Crippen LogP contribution < -0.4 is 4.74 Å². The molecule has 5 rings (SSSR count). The van der Waals surface area contributed by atoms with Crippen LogP contribution >= 0.6 is 11.3 Å². The van der Waals surface area contributed by atoms with Crippen LogP contribution in [0.3, 0.4) is 0 Å². The highest BCUT2D eigenvalue weighted by atomic mass is 32.1. The number of hydrogen-bond acceptors (Lipinski definition) is 6. The lowest BCUT2D eigenvalue weighted by Gasteiger charge is -2.40. The quantitative estimate of drug-likeness (QED) is 0.324. The van der Waals surface area contributed by atoms with E-state index in [4.69, 9.17) is 9.72 Å². The summed E-state index contributed by atoms with van der Waals surface area (Å²) >= 11 is 1.51. The van der Waals surface area contributed by atoms with E-state index in [9.17, 15) is 9.59 Å². The van der Waals surface area contributed by atoms with E-state index in [1.807, 2.05) is 34.2 Å². The minimum Gasteiger partial charge on any atom is -0.497 e. The second kappa shape index (κ2) is 11.0. The number of aryl methyl sites for hydroxylation is 1. The fourth-order valence-electron chi connectivity index (χ4n) is 4.99. The van der Waals surface area contributed by atoms with E-state index in [1.54, 1.807) is 30.1 Å². The number of methoxy groups -OCH3 is 1. The molecule has 39 heavy (non-hydrogen) atoms. The molecule has 202 valence electrons. The summed E-state index contributed by atoms with van der Waals surface area (Å²) in [5.74, 6) is 0.580. The Morgan fingerprint density at radius 2 is 1.85 bits per heavy atom. The smallest absolute Gasteiger partial charge is 0.257 e. The lowest BCUT2D eigenvalue weighted by Crippen LogP contribution is -2.55. The standard InChI is InChI=1S/C30H33N5O3S/c1-19(2)27-25(16-31-35(27)30-32-26(18-39-30)22-11-9-20(3)10-12-22)29(37)33-13-14-34(21(4)17-33)28(36)23-7-6-8-24(15-23)38-5/h6-12,15-16,18-19,21H,13-14,17H2,1-5H3. The van der Waals surface area contributed by atoms with Crippen LogP contribution in [0.25, 0.3) is 16.4 Å². The minimum atomic E-state index is -0.130. The zero-order valence-electron chi connectivity index (χ0n) is 22.9. The molecule has 3 heterocycles. The zero-order valence-corrected chi connectivity index (χ0v) is 23.7. The summed E-state index contributed by atoms with van der Waals surface area (Å²) in [4.78, 5) is 35.4. The van der Waals surface area contributed by atoms with E-state index < -0.39 is 0 Å². The van der Waals surface area contributed by atoms with Crippen LogP contribution in [-0.2, 0) is 0 Å². The van der Waals surface area contributed by atoms with Crippen molar-refractivity contribution in [3.63, 3.8) is 0 Å². The van der Waals surface area contributed by atoms with Crippen molar-refractivity contribution >= 4 is 23.2 Å². The number of benzene rings is 2. The SMILES string of the molecule is COc1cccc(C(=O)N2CCN(C(=O)c3cnn(-c4nc(-c5ccc(C)cc5)cs4)c3C(C)C)CC2C)c1. The topological polar surface area (TPSA) is 80.6 Å². The van der Waals surface area contributed by atoms with Gasteiger partial charge in [0.2, 0.25) is 5.13 Å². The fourth-order valence-corrected chi connectivity index (χ4v) is 5.79. The molecular formula is C30H33N5O3S. The van der Waals surface area contributed by atoms with Crippen LogP contribution in [-0.4, -0.2) is 69.2 Å². The molecule has 4 aromatic rings. The number of carbonyl (C=O) groups excluding carboxylic acids is 2. The molecule has 8 nitrogen and oxygen atoms in total. The molecule has 1 unspecified atom stereocenters.